The van der Waals surface area contributed by atoms with E-state index in [1.54, 1.807) is 18.2 Å². The maximum atomic E-state index is 13.4. The zero-order valence-electron chi connectivity index (χ0n) is 10.5. The number of hydrogen-bond donors (Lipinski definition) is 2. The molecule has 2 aromatic carbocycles. The van der Waals surface area contributed by atoms with Gasteiger partial charge in [0.1, 0.15) is 5.82 Å². The molecule has 0 aliphatic carbocycles. The van der Waals surface area contributed by atoms with Gasteiger partial charge in [0, 0.05) is 10.2 Å². The number of anilines is 1. The number of nitrogens with two attached hydrogens (primary N) is 1. The average molecular weight is 372 g/mol. The quantitative estimate of drug-likeness (QED) is 0.865. The summed E-state index contributed by atoms with van der Waals surface area (Å²) in [5.41, 5.74) is 5.24. The molecule has 0 saturated heterocycles. The normalized spacial score (nSPS) is 10.2. The Labute approximate surface area is 133 Å². The minimum absolute atomic E-state index is 0.242. The highest BCUT2D eigenvalue weighted by atomic mass is 79.9. The van der Waals surface area contributed by atoms with Crippen molar-refractivity contribution in [1.82, 2.24) is 0 Å². The van der Waals surface area contributed by atoms with Crippen molar-refractivity contribution in [3.63, 3.8) is 0 Å². The summed E-state index contributed by atoms with van der Waals surface area (Å²) in [6.45, 7) is 0. The fraction of sp³-hybridized carbons (Fsp3) is 0. The van der Waals surface area contributed by atoms with Gasteiger partial charge >= 0.3 is 0 Å². The Morgan fingerprint density at radius 1 is 1.14 bits per heavy atom. The Morgan fingerprint density at radius 3 is 2.52 bits per heavy atom. The largest absolute Gasteiger partial charge is 0.366 e. The second kappa shape index (κ2) is 6.24. The van der Waals surface area contributed by atoms with E-state index in [2.05, 4.69) is 21.2 Å². The molecule has 0 aliphatic rings. The minimum atomic E-state index is -0.913. The van der Waals surface area contributed by atoms with Crippen LogP contribution in [-0.4, -0.2) is 11.8 Å². The predicted octanol–water partition coefficient (Wildman–Crippen LogP) is 3.59. The second-order valence-electron chi connectivity index (χ2n) is 4.14. The molecule has 0 bridgehead atoms. The molecule has 3 N–H and O–H groups in total. The number of hydrogen-bond acceptors (Lipinski definition) is 2. The van der Waals surface area contributed by atoms with Crippen LogP contribution in [0.5, 0.6) is 0 Å². The van der Waals surface area contributed by atoms with E-state index >= 15 is 0 Å². The summed E-state index contributed by atoms with van der Waals surface area (Å²) >= 11 is 9.19. The summed E-state index contributed by atoms with van der Waals surface area (Å²) in [4.78, 5) is 23.2. The van der Waals surface area contributed by atoms with Crippen LogP contribution in [0.2, 0.25) is 5.02 Å². The van der Waals surface area contributed by atoms with Crippen LogP contribution in [0.15, 0.2) is 40.9 Å². The first kappa shape index (κ1) is 15.5. The molecule has 0 atom stereocenters. The lowest BCUT2D eigenvalue weighted by Crippen LogP contribution is -2.16. The van der Waals surface area contributed by atoms with Crippen molar-refractivity contribution in [3.05, 3.63) is 62.8 Å². The fourth-order valence-corrected chi connectivity index (χ4v) is 2.23. The van der Waals surface area contributed by atoms with Crippen molar-refractivity contribution in [1.29, 1.82) is 0 Å². The monoisotopic (exact) mass is 370 g/mol. The number of amides is 2. The Kier molecular flexibility index (Phi) is 4.59. The summed E-state index contributed by atoms with van der Waals surface area (Å²) in [6, 6.07) is 8.36. The molecule has 4 nitrogen and oxygen atoms in total. The third-order valence-electron chi connectivity index (χ3n) is 2.66. The standard InChI is InChI=1S/C14H9BrClFN2O2/c15-7-1-3-11(16)9(5-7)14(21)19-8-2-4-12(17)10(6-8)13(18)20/h1-6H,(H2,18,20)(H,19,21). The molecule has 108 valence electrons. The van der Waals surface area contributed by atoms with Gasteiger partial charge in [-0.1, -0.05) is 27.5 Å². The third-order valence-corrected chi connectivity index (χ3v) is 3.49. The number of carbonyl (C=O) groups excluding carboxylic acids is 2. The Hall–Kier alpha value is -1.92. The van der Waals surface area contributed by atoms with E-state index in [1.165, 1.54) is 12.1 Å². The molecule has 0 aliphatic heterocycles. The van der Waals surface area contributed by atoms with Gasteiger partial charge in [-0.05, 0) is 36.4 Å². The maximum Gasteiger partial charge on any atom is 0.257 e. The number of rotatable bonds is 3. The fourth-order valence-electron chi connectivity index (χ4n) is 1.66. The zero-order chi connectivity index (χ0) is 15.6. The van der Waals surface area contributed by atoms with Crippen LogP contribution in [0.4, 0.5) is 10.1 Å². The summed E-state index contributed by atoms with van der Waals surface area (Å²) in [7, 11) is 0. The lowest BCUT2D eigenvalue weighted by Gasteiger charge is -2.08. The zero-order valence-corrected chi connectivity index (χ0v) is 12.8. The molecule has 0 unspecified atom stereocenters. The summed E-state index contributed by atoms with van der Waals surface area (Å²) in [5, 5.41) is 2.80. The van der Waals surface area contributed by atoms with Crippen LogP contribution in [-0.2, 0) is 0 Å². The van der Waals surface area contributed by atoms with Crippen LogP contribution in [0, 0.1) is 5.82 Å². The van der Waals surface area contributed by atoms with Gasteiger partial charge in [-0.2, -0.15) is 0 Å². The molecule has 21 heavy (non-hydrogen) atoms. The molecule has 0 saturated carbocycles. The molecule has 2 amide bonds. The number of benzene rings is 2. The van der Waals surface area contributed by atoms with E-state index in [4.69, 9.17) is 17.3 Å². The van der Waals surface area contributed by atoms with Gasteiger partial charge in [0.25, 0.3) is 11.8 Å². The van der Waals surface area contributed by atoms with Crippen LogP contribution >= 0.6 is 27.5 Å². The van der Waals surface area contributed by atoms with Crippen molar-refractivity contribution in [2.75, 3.05) is 5.32 Å². The van der Waals surface area contributed by atoms with Crippen LogP contribution < -0.4 is 11.1 Å². The minimum Gasteiger partial charge on any atom is -0.366 e. The van der Waals surface area contributed by atoms with Crippen LogP contribution in [0.25, 0.3) is 0 Å². The molecule has 0 radical (unpaired) electrons. The van der Waals surface area contributed by atoms with Gasteiger partial charge < -0.3 is 11.1 Å². The smallest absolute Gasteiger partial charge is 0.257 e. The van der Waals surface area contributed by atoms with Gasteiger partial charge in [0.05, 0.1) is 16.1 Å². The first-order valence-corrected chi connectivity index (χ1v) is 6.91. The number of nitrogens with one attached hydrogen (secondary N) is 1. The number of carbonyl (C=O) groups is 2. The highest BCUT2D eigenvalue weighted by Crippen LogP contribution is 2.22. The highest BCUT2D eigenvalue weighted by Gasteiger charge is 2.14. The SMILES string of the molecule is NC(=O)c1cc(NC(=O)c2cc(Br)ccc2Cl)ccc1F. The summed E-state index contributed by atoms with van der Waals surface area (Å²) in [5.74, 6) is -2.14. The molecule has 2 aromatic rings. The van der Waals surface area contributed by atoms with Crippen LogP contribution in [0.1, 0.15) is 20.7 Å². The van der Waals surface area contributed by atoms with E-state index in [0.29, 0.717) is 4.47 Å². The first-order valence-electron chi connectivity index (χ1n) is 5.74. The molecular weight excluding hydrogens is 363 g/mol. The van der Waals surface area contributed by atoms with Crippen molar-refractivity contribution < 1.29 is 14.0 Å². The van der Waals surface area contributed by atoms with E-state index < -0.39 is 17.6 Å². The lowest BCUT2D eigenvalue weighted by molar-refractivity contribution is 0.0992. The molecule has 2 rings (SSSR count). The van der Waals surface area contributed by atoms with Gasteiger partial charge in [-0.25, -0.2) is 4.39 Å². The van der Waals surface area contributed by atoms with Gasteiger partial charge in [-0.3, -0.25) is 9.59 Å². The van der Waals surface area contributed by atoms with Crippen molar-refractivity contribution in [2.24, 2.45) is 5.73 Å². The van der Waals surface area contributed by atoms with Crippen molar-refractivity contribution in [2.45, 2.75) is 0 Å². The second-order valence-corrected chi connectivity index (χ2v) is 5.46. The topological polar surface area (TPSA) is 72.2 Å². The van der Waals surface area contributed by atoms with Crippen molar-refractivity contribution >= 4 is 45.0 Å². The van der Waals surface area contributed by atoms with Gasteiger partial charge in [0.15, 0.2) is 0 Å². The number of halogens is 3. The molecule has 0 fully saturated rings. The average Bonchev–Trinajstić information content (AvgIpc) is 2.43. The van der Waals surface area contributed by atoms with Crippen molar-refractivity contribution in [3.8, 4) is 0 Å². The van der Waals surface area contributed by atoms with E-state index in [1.807, 2.05) is 0 Å². The Morgan fingerprint density at radius 2 is 1.86 bits per heavy atom. The van der Waals surface area contributed by atoms with E-state index in [9.17, 15) is 14.0 Å². The Bertz CT molecular complexity index is 737. The van der Waals surface area contributed by atoms with Crippen LogP contribution in [0.3, 0.4) is 0 Å². The molecule has 0 aromatic heterocycles. The van der Waals surface area contributed by atoms with Gasteiger partial charge in [0.2, 0.25) is 0 Å². The molecular formula is C14H9BrClFN2O2. The molecule has 7 heteroatoms. The highest BCUT2D eigenvalue weighted by molar-refractivity contribution is 9.10. The summed E-state index contributed by atoms with van der Waals surface area (Å²) in [6.07, 6.45) is 0. The third kappa shape index (κ3) is 3.59. The Balaban J connectivity index is 2.29. The molecule has 0 heterocycles. The predicted molar refractivity (Wildman–Crippen MR) is 82.0 cm³/mol. The molecule has 0 spiro atoms. The van der Waals surface area contributed by atoms with E-state index in [0.717, 1.165) is 6.07 Å². The lowest BCUT2D eigenvalue weighted by atomic mass is 10.1. The summed E-state index contributed by atoms with van der Waals surface area (Å²) < 4.78 is 14.0. The van der Waals surface area contributed by atoms with E-state index in [-0.39, 0.29) is 21.8 Å². The first-order chi connectivity index (χ1) is 9.88. The number of primary amides is 1. The van der Waals surface area contributed by atoms with Gasteiger partial charge in [-0.15, -0.1) is 0 Å². The maximum absolute atomic E-state index is 13.4.